The third kappa shape index (κ3) is 3.70. The van der Waals surface area contributed by atoms with E-state index in [1.807, 2.05) is 6.07 Å². The highest BCUT2D eigenvalue weighted by molar-refractivity contribution is 5.33. The number of rotatable bonds is 6. The van der Waals surface area contributed by atoms with E-state index in [1.54, 1.807) is 0 Å². The Kier molecular flexibility index (Phi) is 5.36. The highest BCUT2D eigenvalue weighted by Crippen LogP contribution is 2.59. The van der Waals surface area contributed by atoms with Crippen LogP contribution in [0, 0.1) is 17.8 Å². The molecule has 1 aromatic rings. The zero-order chi connectivity index (χ0) is 17.3. The predicted molar refractivity (Wildman–Crippen MR) is 98.8 cm³/mol. The number of aliphatic hydroxyl groups excluding tert-OH is 1. The van der Waals surface area contributed by atoms with Gasteiger partial charge in [-0.3, -0.25) is 0 Å². The van der Waals surface area contributed by atoms with Crippen LogP contribution in [0.25, 0.3) is 0 Å². The van der Waals surface area contributed by atoms with Crippen molar-refractivity contribution in [1.29, 1.82) is 0 Å². The van der Waals surface area contributed by atoms with Gasteiger partial charge in [-0.05, 0) is 49.0 Å². The second-order valence-corrected chi connectivity index (χ2v) is 8.57. The standard InChI is InChI=1S/C22H34O2/c1-5-18-19(15(2)3)20(18)16-10-9-11-17(14-16)21(23)24-22(4)12-7-6-8-13-22/h9-11,14-15,18-21,23H,5-8,12-13H2,1-4H3. The zero-order valence-electron chi connectivity index (χ0n) is 15.8. The quantitative estimate of drug-likeness (QED) is 0.667. The first-order valence-corrected chi connectivity index (χ1v) is 9.91. The molecule has 0 radical (unpaired) electrons. The Labute approximate surface area is 147 Å². The van der Waals surface area contributed by atoms with Crippen LogP contribution < -0.4 is 0 Å². The topological polar surface area (TPSA) is 29.5 Å². The average molecular weight is 331 g/mol. The SMILES string of the molecule is CCC1C(c2cccc(C(O)OC3(C)CCCCC3)c2)C1C(C)C. The molecule has 2 nitrogen and oxygen atoms in total. The van der Waals surface area contributed by atoms with Crippen molar-refractivity contribution in [2.75, 3.05) is 0 Å². The summed E-state index contributed by atoms with van der Waals surface area (Å²) in [6, 6.07) is 8.51. The highest BCUT2D eigenvalue weighted by Gasteiger charge is 2.50. The van der Waals surface area contributed by atoms with Gasteiger partial charge in [-0.1, -0.05) is 70.7 Å². The molecule has 0 saturated heterocycles. The van der Waals surface area contributed by atoms with Crippen LogP contribution in [0.2, 0.25) is 0 Å². The van der Waals surface area contributed by atoms with Crippen LogP contribution in [0.4, 0.5) is 0 Å². The smallest absolute Gasteiger partial charge is 0.181 e. The van der Waals surface area contributed by atoms with E-state index in [1.165, 1.54) is 31.2 Å². The Bertz CT molecular complexity index is 545. The maximum atomic E-state index is 10.6. The number of aliphatic hydroxyl groups is 1. The molecule has 4 unspecified atom stereocenters. The van der Waals surface area contributed by atoms with Gasteiger partial charge in [-0.15, -0.1) is 0 Å². The molecular formula is C22H34O2. The van der Waals surface area contributed by atoms with Gasteiger partial charge in [0, 0.05) is 5.56 Å². The number of hydrogen-bond donors (Lipinski definition) is 1. The largest absolute Gasteiger partial charge is 0.364 e. The predicted octanol–water partition coefficient (Wildman–Crippen LogP) is 5.81. The van der Waals surface area contributed by atoms with Crippen LogP contribution >= 0.6 is 0 Å². The van der Waals surface area contributed by atoms with Crippen LogP contribution in [-0.2, 0) is 4.74 Å². The molecule has 2 saturated carbocycles. The summed E-state index contributed by atoms with van der Waals surface area (Å²) in [6.45, 7) is 9.12. The van der Waals surface area contributed by atoms with Crippen molar-refractivity contribution in [2.24, 2.45) is 17.8 Å². The average Bonchev–Trinajstić information content (AvgIpc) is 3.30. The summed E-state index contributed by atoms with van der Waals surface area (Å²) >= 11 is 0. The third-order valence-corrected chi connectivity index (χ3v) is 6.36. The van der Waals surface area contributed by atoms with Gasteiger partial charge >= 0.3 is 0 Å². The molecule has 134 valence electrons. The monoisotopic (exact) mass is 330 g/mol. The molecule has 0 spiro atoms. The van der Waals surface area contributed by atoms with Crippen molar-refractivity contribution in [1.82, 2.24) is 0 Å². The van der Waals surface area contributed by atoms with Crippen LogP contribution in [-0.4, -0.2) is 10.7 Å². The molecule has 2 aliphatic rings. The van der Waals surface area contributed by atoms with Crippen molar-refractivity contribution < 1.29 is 9.84 Å². The Morgan fingerprint density at radius 1 is 1.21 bits per heavy atom. The van der Waals surface area contributed by atoms with Crippen molar-refractivity contribution in [3.63, 3.8) is 0 Å². The molecule has 4 atom stereocenters. The first-order chi connectivity index (χ1) is 11.4. The Morgan fingerprint density at radius 2 is 1.92 bits per heavy atom. The van der Waals surface area contributed by atoms with E-state index >= 15 is 0 Å². The summed E-state index contributed by atoms with van der Waals surface area (Å²) in [5, 5.41) is 10.6. The molecule has 1 N–H and O–H groups in total. The molecule has 0 amide bonds. The second kappa shape index (κ2) is 7.17. The lowest BCUT2D eigenvalue weighted by Gasteiger charge is -2.35. The van der Waals surface area contributed by atoms with Gasteiger partial charge in [-0.25, -0.2) is 0 Å². The molecule has 0 heterocycles. The highest BCUT2D eigenvalue weighted by atomic mass is 16.6. The van der Waals surface area contributed by atoms with Crippen molar-refractivity contribution in [3.8, 4) is 0 Å². The van der Waals surface area contributed by atoms with E-state index in [4.69, 9.17) is 4.74 Å². The summed E-state index contributed by atoms with van der Waals surface area (Å²) in [7, 11) is 0. The Morgan fingerprint density at radius 3 is 2.50 bits per heavy atom. The van der Waals surface area contributed by atoms with Gasteiger partial charge in [0.25, 0.3) is 0 Å². The lowest BCUT2D eigenvalue weighted by Crippen LogP contribution is -2.33. The van der Waals surface area contributed by atoms with Gasteiger partial charge in [0.1, 0.15) is 0 Å². The normalized spacial score (nSPS) is 30.3. The number of ether oxygens (including phenoxy) is 1. The Balaban J connectivity index is 1.71. The van der Waals surface area contributed by atoms with Crippen LogP contribution in [0.3, 0.4) is 0 Å². The van der Waals surface area contributed by atoms with Crippen molar-refractivity contribution >= 4 is 0 Å². The maximum Gasteiger partial charge on any atom is 0.181 e. The Hall–Kier alpha value is -0.860. The van der Waals surface area contributed by atoms with Gasteiger partial charge in [0.2, 0.25) is 0 Å². The minimum Gasteiger partial charge on any atom is -0.364 e. The van der Waals surface area contributed by atoms with E-state index in [0.29, 0.717) is 5.92 Å². The van der Waals surface area contributed by atoms with E-state index < -0.39 is 6.29 Å². The summed E-state index contributed by atoms with van der Waals surface area (Å²) in [6.07, 6.45) is 6.26. The fraction of sp³-hybridized carbons (Fsp3) is 0.727. The molecule has 2 aliphatic carbocycles. The maximum absolute atomic E-state index is 10.6. The molecule has 1 aromatic carbocycles. The van der Waals surface area contributed by atoms with Gasteiger partial charge in [0.05, 0.1) is 5.60 Å². The molecule has 2 fully saturated rings. The molecular weight excluding hydrogens is 296 g/mol. The lowest BCUT2D eigenvalue weighted by molar-refractivity contribution is -0.193. The van der Waals surface area contributed by atoms with Gasteiger partial charge in [0.15, 0.2) is 6.29 Å². The van der Waals surface area contributed by atoms with Crippen LogP contribution in [0.5, 0.6) is 0 Å². The van der Waals surface area contributed by atoms with Crippen molar-refractivity contribution in [3.05, 3.63) is 35.4 Å². The van der Waals surface area contributed by atoms with Gasteiger partial charge < -0.3 is 9.84 Å². The molecule has 3 rings (SSSR count). The van der Waals surface area contributed by atoms with E-state index in [-0.39, 0.29) is 5.60 Å². The van der Waals surface area contributed by atoms with Crippen LogP contribution in [0.1, 0.15) is 89.6 Å². The molecule has 2 heteroatoms. The number of benzene rings is 1. The van der Waals surface area contributed by atoms with Crippen LogP contribution in [0.15, 0.2) is 24.3 Å². The summed E-state index contributed by atoms with van der Waals surface area (Å²) in [4.78, 5) is 0. The fourth-order valence-electron chi connectivity index (χ4n) is 4.98. The van der Waals surface area contributed by atoms with E-state index in [2.05, 4.69) is 45.9 Å². The zero-order valence-corrected chi connectivity index (χ0v) is 15.8. The molecule has 0 aromatic heterocycles. The van der Waals surface area contributed by atoms with E-state index in [9.17, 15) is 5.11 Å². The second-order valence-electron chi connectivity index (χ2n) is 8.57. The fourth-order valence-corrected chi connectivity index (χ4v) is 4.98. The number of hydrogen-bond acceptors (Lipinski definition) is 2. The van der Waals surface area contributed by atoms with Gasteiger partial charge in [-0.2, -0.15) is 0 Å². The molecule has 0 bridgehead atoms. The minimum atomic E-state index is -0.802. The third-order valence-electron chi connectivity index (χ3n) is 6.36. The first-order valence-electron chi connectivity index (χ1n) is 9.91. The lowest BCUT2D eigenvalue weighted by atomic mass is 9.86. The molecule has 0 aliphatic heterocycles. The molecule has 24 heavy (non-hydrogen) atoms. The summed E-state index contributed by atoms with van der Waals surface area (Å²) < 4.78 is 6.10. The van der Waals surface area contributed by atoms with Crippen molar-refractivity contribution in [2.45, 2.75) is 84.0 Å². The summed E-state index contributed by atoms with van der Waals surface area (Å²) in [5.74, 6) is 2.98. The van der Waals surface area contributed by atoms with E-state index in [0.717, 1.165) is 36.2 Å². The minimum absolute atomic E-state index is 0.167. The first kappa shape index (κ1) is 17.9. The summed E-state index contributed by atoms with van der Waals surface area (Å²) in [5.41, 5.74) is 2.14.